The van der Waals surface area contributed by atoms with Gasteiger partial charge in [0.2, 0.25) is 0 Å². The third kappa shape index (κ3) is 3.58. The van der Waals surface area contributed by atoms with E-state index in [1.807, 2.05) is 13.0 Å². The van der Waals surface area contributed by atoms with Crippen LogP contribution in [-0.4, -0.2) is 12.6 Å². The van der Waals surface area contributed by atoms with E-state index in [1.54, 1.807) is 13.0 Å². The van der Waals surface area contributed by atoms with Gasteiger partial charge < -0.3 is 4.74 Å². The van der Waals surface area contributed by atoms with Crippen LogP contribution in [0.1, 0.15) is 36.1 Å². The Morgan fingerprint density at radius 1 is 1.33 bits per heavy atom. The molecule has 18 heavy (non-hydrogen) atoms. The molecule has 1 aromatic carbocycles. The molecule has 0 radical (unpaired) electrons. The predicted molar refractivity (Wildman–Crippen MR) is 73.5 cm³/mol. The number of rotatable bonds is 5. The van der Waals surface area contributed by atoms with Gasteiger partial charge in [0.1, 0.15) is 0 Å². The van der Waals surface area contributed by atoms with Crippen molar-refractivity contribution in [3.8, 4) is 6.07 Å². The maximum absolute atomic E-state index is 11.5. The molecule has 96 valence electrons. The van der Waals surface area contributed by atoms with Gasteiger partial charge in [-0.2, -0.15) is 5.26 Å². The SMILES string of the molecule is CCOC(=O)Cc1cc(C#N)c(CC)cc1CBr. The Kier molecular flexibility index (Phi) is 5.87. The quantitative estimate of drug-likeness (QED) is 0.620. The number of halogens is 1. The van der Waals surface area contributed by atoms with Gasteiger partial charge in [-0.15, -0.1) is 0 Å². The number of hydrogen-bond acceptors (Lipinski definition) is 3. The Bertz CT molecular complexity index is 477. The largest absolute Gasteiger partial charge is 0.466 e. The lowest BCUT2D eigenvalue weighted by atomic mass is 9.96. The highest BCUT2D eigenvalue weighted by molar-refractivity contribution is 9.08. The summed E-state index contributed by atoms with van der Waals surface area (Å²) in [6, 6.07) is 5.96. The van der Waals surface area contributed by atoms with Crippen molar-refractivity contribution in [2.75, 3.05) is 6.61 Å². The molecule has 0 saturated carbocycles. The van der Waals surface area contributed by atoms with Crippen molar-refractivity contribution in [3.05, 3.63) is 34.4 Å². The average Bonchev–Trinajstić information content (AvgIpc) is 2.38. The van der Waals surface area contributed by atoms with Crippen molar-refractivity contribution in [1.29, 1.82) is 5.26 Å². The molecular formula is C14H16BrNO2. The zero-order valence-electron chi connectivity index (χ0n) is 10.6. The van der Waals surface area contributed by atoms with Crippen LogP contribution in [0.15, 0.2) is 12.1 Å². The molecule has 0 atom stereocenters. The van der Waals surface area contributed by atoms with E-state index in [1.165, 1.54) is 0 Å². The molecule has 0 unspecified atom stereocenters. The van der Waals surface area contributed by atoms with E-state index in [4.69, 9.17) is 10.00 Å². The first-order chi connectivity index (χ1) is 8.65. The highest BCUT2D eigenvalue weighted by atomic mass is 79.9. The minimum absolute atomic E-state index is 0.216. The molecule has 0 aliphatic carbocycles. The van der Waals surface area contributed by atoms with Crippen LogP contribution >= 0.6 is 15.9 Å². The maximum atomic E-state index is 11.5. The van der Waals surface area contributed by atoms with Crippen LogP contribution in [0.5, 0.6) is 0 Å². The molecular weight excluding hydrogens is 294 g/mol. The Balaban J connectivity index is 3.10. The molecule has 0 saturated heterocycles. The summed E-state index contributed by atoms with van der Waals surface area (Å²) in [5.74, 6) is -0.257. The molecule has 0 aliphatic rings. The van der Waals surface area contributed by atoms with Crippen LogP contribution in [0.4, 0.5) is 0 Å². The fraction of sp³-hybridized carbons (Fsp3) is 0.429. The van der Waals surface area contributed by atoms with Crippen molar-refractivity contribution in [3.63, 3.8) is 0 Å². The highest BCUT2D eigenvalue weighted by Gasteiger charge is 2.12. The third-order valence-corrected chi connectivity index (χ3v) is 3.31. The van der Waals surface area contributed by atoms with Crippen molar-refractivity contribution in [2.24, 2.45) is 0 Å². The van der Waals surface area contributed by atoms with Gasteiger partial charge in [0.25, 0.3) is 0 Å². The smallest absolute Gasteiger partial charge is 0.310 e. The third-order valence-electron chi connectivity index (χ3n) is 2.71. The lowest BCUT2D eigenvalue weighted by Crippen LogP contribution is -2.10. The number of nitriles is 1. The van der Waals surface area contributed by atoms with E-state index in [0.29, 0.717) is 17.5 Å². The molecule has 0 fully saturated rings. The van der Waals surface area contributed by atoms with Gasteiger partial charge in [-0.1, -0.05) is 28.9 Å². The van der Waals surface area contributed by atoms with Crippen LogP contribution in [0, 0.1) is 11.3 Å². The average molecular weight is 310 g/mol. The first-order valence-electron chi connectivity index (χ1n) is 5.92. The monoisotopic (exact) mass is 309 g/mol. The van der Waals surface area contributed by atoms with E-state index < -0.39 is 0 Å². The second-order valence-corrected chi connectivity index (χ2v) is 4.42. The fourth-order valence-electron chi connectivity index (χ4n) is 1.79. The summed E-state index contributed by atoms with van der Waals surface area (Å²) in [6.07, 6.45) is 1.02. The van der Waals surface area contributed by atoms with Gasteiger partial charge in [-0.25, -0.2) is 0 Å². The molecule has 0 aromatic heterocycles. The topological polar surface area (TPSA) is 50.1 Å². The maximum Gasteiger partial charge on any atom is 0.310 e. The van der Waals surface area contributed by atoms with E-state index in [2.05, 4.69) is 22.0 Å². The minimum Gasteiger partial charge on any atom is -0.466 e. The van der Waals surface area contributed by atoms with Crippen LogP contribution in [-0.2, 0) is 27.7 Å². The van der Waals surface area contributed by atoms with E-state index in [-0.39, 0.29) is 12.4 Å². The number of alkyl halides is 1. The number of aryl methyl sites for hydroxylation is 1. The first kappa shape index (κ1) is 14.7. The Hall–Kier alpha value is -1.34. The molecule has 0 N–H and O–H groups in total. The summed E-state index contributed by atoms with van der Waals surface area (Å²) in [7, 11) is 0. The second-order valence-electron chi connectivity index (χ2n) is 3.86. The van der Waals surface area contributed by atoms with Crippen molar-refractivity contribution >= 4 is 21.9 Å². The molecule has 3 nitrogen and oxygen atoms in total. The molecule has 0 amide bonds. The molecule has 0 spiro atoms. The first-order valence-corrected chi connectivity index (χ1v) is 7.04. The highest BCUT2D eigenvalue weighted by Crippen LogP contribution is 2.20. The van der Waals surface area contributed by atoms with E-state index in [9.17, 15) is 4.79 Å². The summed E-state index contributed by atoms with van der Waals surface area (Å²) in [4.78, 5) is 11.5. The van der Waals surface area contributed by atoms with Gasteiger partial charge in [-0.05, 0) is 36.1 Å². The Labute approximate surface area is 116 Å². The molecule has 0 bridgehead atoms. The zero-order chi connectivity index (χ0) is 13.5. The number of ether oxygens (including phenoxy) is 1. The van der Waals surface area contributed by atoms with Crippen molar-refractivity contribution < 1.29 is 9.53 Å². The van der Waals surface area contributed by atoms with Gasteiger partial charge in [0.05, 0.1) is 24.7 Å². The number of carbonyl (C=O) groups excluding carboxylic acids is 1. The fourth-order valence-corrected chi connectivity index (χ4v) is 2.32. The van der Waals surface area contributed by atoms with Crippen LogP contribution < -0.4 is 0 Å². The van der Waals surface area contributed by atoms with E-state index >= 15 is 0 Å². The van der Waals surface area contributed by atoms with Gasteiger partial charge >= 0.3 is 5.97 Å². The van der Waals surface area contributed by atoms with Gasteiger partial charge in [-0.3, -0.25) is 4.79 Å². The number of hydrogen-bond donors (Lipinski definition) is 0. The lowest BCUT2D eigenvalue weighted by molar-refractivity contribution is -0.142. The molecule has 1 rings (SSSR count). The molecule has 0 aliphatic heterocycles. The normalized spacial score (nSPS) is 9.89. The minimum atomic E-state index is -0.257. The summed E-state index contributed by atoms with van der Waals surface area (Å²) >= 11 is 3.41. The zero-order valence-corrected chi connectivity index (χ0v) is 12.2. The summed E-state index contributed by atoms with van der Waals surface area (Å²) < 4.78 is 4.94. The number of benzene rings is 1. The van der Waals surface area contributed by atoms with E-state index in [0.717, 1.165) is 23.1 Å². The number of carbonyl (C=O) groups is 1. The summed E-state index contributed by atoms with van der Waals surface area (Å²) in [6.45, 7) is 4.17. The molecule has 1 aromatic rings. The predicted octanol–water partition coefficient (Wildman–Crippen LogP) is 3.12. The number of nitrogens with zero attached hydrogens (tertiary/aromatic N) is 1. The standard InChI is InChI=1S/C14H16BrNO2/c1-3-10-5-12(8-15)11(6-13(10)9-16)7-14(17)18-4-2/h5-6H,3-4,7-8H2,1-2H3. The van der Waals surface area contributed by atoms with Crippen LogP contribution in [0.3, 0.4) is 0 Å². The summed E-state index contributed by atoms with van der Waals surface area (Å²) in [5, 5.41) is 9.76. The van der Waals surface area contributed by atoms with Crippen molar-refractivity contribution in [1.82, 2.24) is 0 Å². The van der Waals surface area contributed by atoms with Crippen LogP contribution in [0.2, 0.25) is 0 Å². The summed E-state index contributed by atoms with van der Waals surface area (Å²) in [5.41, 5.74) is 3.55. The Morgan fingerprint density at radius 3 is 2.56 bits per heavy atom. The van der Waals surface area contributed by atoms with Crippen LogP contribution in [0.25, 0.3) is 0 Å². The van der Waals surface area contributed by atoms with Gasteiger partial charge in [0.15, 0.2) is 0 Å². The second kappa shape index (κ2) is 7.17. The molecule has 0 heterocycles. The molecule has 4 heteroatoms. The van der Waals surface area contributed by atoms with Gasteiger partial charge in [0, 0.05) is 5.33 Å². The Morgan fingerprint density at radius 2 is 2.06 bits per heavy atom. The lowest BCUT2D eigenvalue weighted by Gasteiger charge is -2.10. The van der Waals surface area contributed by atoms with Crippen molar-refractivity contribution in [2.45, 2.75) is 32.0 Å². The number of esters is 1.